The molecule has 0 aromatic heterocycles. The summed E-state index contributed by atoms with van der Waals surface area (Å²) in [5.41, 5.74) is 0. The zero-order valence-corrected chi connectivity index (χ0v) is 5.65. The minimum atomic E-state index is -4.33. The molecule has 0 fully saturated rings. The maximum absolute atomic E-state index is 11.2. The van der Waals surface area contributed by atoms with Crippen LogP contribution in [0.4, 0.5) is 13.2 Å². The van der Waals surface area contributed by atoms with Gasteiger partial charge in [-0.3, -0.25) is 0 Å². The van der Waals surface area contributed by atoms with Crippen molar-refractivity contribution in [3.05, 3.63) is 0 Å². The Labute approximate surface area is 55.8 Å². The monoisotopic (exact) mass is 177 g/mol. The van der Waals surface area contributed by atoms with Crippen LogP contribution in [0.3, 0.4) is 0 Å². The molecule has 0 saturated carbocycles. The highest BCUT2D eigenvalue weighted by Crippen LogP contribution is 2.22. The molecule has 10 heavy (non-hydrogen) atoms. The SMILES string of the molecule is O=[P+](O)OCCC(F)(F)F. The highest BCUT2D eigenvalue weighted by atomic mass is 31.1. The Morgan fingerprint density at radius 3 is 2.30 bits per heavy atom. The molecule has 0 aliphatic rings. The first-order chi connectivity index (χ1) is 4.42. The smallest absolute Gasteiger partial charge is 0.171 e. The maximum Gasteiger partial charge on any atom is 0.694 e. The van der Waals surface area contributed by atoms with Crippen molar-refractivity contribution in [3.8, 4) is 0 Å². The van der Waals surface area contributed by atoms with E-state index >= 15 is 0 Å². The average Bonchev–Trinajstić information content (AvgIpc) is 1.59. The minimum Gasteiger partial charge on any atom is -0.171 e. The van der Waals surface area contributed by atoms with E-state index in [1.165, 1.54) is 0 Å². The van der Waals surface area contributed by atoms with Crippen LogP contribution in [0.1, 0.15) is 6.42 Å². The van der Waals surface area contributed by atoms with E-state index in [4.69, 9.17) is 4.89 Å². The van der Waals surface area contributed by atoms with Crippen molar-refractivity contribution in [2.24, 2.45) is 0 Å². The fourth-order valence-corrected chi connectivity index (χ4v) is 0.487. The van der Waals surface area contributed by atoms with Gasteiger partial charge in [0, 0.05) is 4.57 Å². The molecule has 60 valence electrons. The minimum absolute atomic E-state index is 0.769. The molecule has 0 saturated heterocycles. The normalized spacial score (nSPS) is 13.4. The summed E-state index contributed by atoms with van der Waals surface area (Å²) >= 11 is 0. The van der Waals surface area contributed by atoms with Crippen LogP contribution in [0.5, 0.6) is 0 Å². The first-order valence-electron chi connectivity index (χ1n) is 2.27. The van der Waals surface area contributed by atoms with Gasteiger partial charge in [0.25, 0.3) is 0 Å². The Hall–Kier alpha value is -0.190. The third-order valence-electron chi connectivity index (χ3n) is 0.587. The van der Waals surface area contributed by atoms with Crippen LogP contribution >= 0.6 is 8.25 Å². The summed E-state index contributed by atoms with van der Waals surface area (Å²) in [5, 5.41) is 0. The van der Waals surface area contributed by atoms with Crippen molar-refractivity contribution in [3.63, 3.8) is 0 Å². The van der Waals surface area contributed by atoms with E-state index in [9.17, 15) is 17.7 Å². The van der Waals surface area contributed by atoms with Gasteiger partial charge in [0.2, 0.25) is 0 Å². The maximum atomic E-state index is 11.2. The zero-order valence-electron chi connectivity index (χ0n) is 4.76. The van der Waals surface area contributed by atoms with Crippen LogP contribution in [0.15, 0.2) is 0 Å². The number of rotatable bonds is 3. The molecule has 0 heterocycles. The summed E-state index contributed by atoms with van der Waals surface area (Å²) in [7, 11) is -2.90. The van der Waals surface area contributed by atoms with Gasteiger partial charge in [-0.2, -0.15) is 13.2 Å². The van der Waals surface area contributed by atoms with E-state index in [0.29, 0.717) is 0 Å². The summed E-state index contributed by atoms with van der Waals surface area (Å²) in [4.78, 5) is 7.87. The van der Waals surface area contributed by atoms with Crippen LogP contribution < -0.4 is 0 Å². The van der Waals surface area contributed by atoms with Gasteiger partial charge in [0.1, 0.15) is 6.61 Å². The van der Waals surface area contributed by atoms with Gasteiger partial charge in [0.15, 0.2) is 0 Å². The summed E-state index contributed by atoms with van der Waals surface area (Å²) in [5.74, 6) is 0. The van der Waals surface area contributed by atoms with Gasteiger partial charge >= 0.3 is 14.4 Å². The molecule has 0 aliphatic heterocycles. The molecule has 3 nitrogen and oxygen atoms in total. The third-order valence-corrected chi connectivity index (χ3v) is 0.991. The largest absolute Gasteiger partial charge is 0.694 e. The lowest BCUT2D eigenvalue weighted by Crippen LogP contribution is -2.09. The van der Waals surface area contributed by atoms with Crippen LogP contribution in [-0.4, -0.2) is 17.7 Å². The third kappa shape index (κ3) is 7.81. The molecule has 0 amide bonds. The molecule has 1 unspecified atom stereocenters. The lowest BCUT2D eigenvalue weighted by molar-refractivity contribution is -0.139. The van der Waals surface area contributed by atoms with Gasteiger partial charge in [-0.15, -0.1) is 9.42 Å². The first-order valence-corrected chi connectivity index (χ1v) is 3.40. The van der Waals surface area contributed by atoms with Crippen LogP contribution in [0, 0.1) is 0 Å². The Morgan fingerprint density at radius 2 is 2.00 bits per heavy atom. The van der Waals surface area contributed by atoms with E-state index in [1.54, 1.807) is 0 Å². The van der Waals surface area contributed by atoms with Crippen molar-refractivity contribution in [2.75, 3.05) is 6.61 Å². The summed E-state index contributed by atoms with van der Waals surface area (Å²) in [6.45, 7) is -0.769. The van der Waals surface area contributed by atoms with Crippen molar-refractivity contribution >= 4 is 8.25 Å². The van der Waals surface area contributed by atoms with Gasteiger partial charge in [-0.25, -0.2) is 0 Å². The Morgan fingerprint density at radius 1 is 1.50 bits per heavy atom. The summed E-state index contributed by atoms with van der Waals surface area (Å²) < 4.78 is 47.2. The highest BCUT2D eigenvalue weighted by Gasteiger charge is 2.28. The number of alkyl halides is 3. The van der Waals surface area contributed by atoms with Crippen molar-refractivity contribution < 1.29 is 27.2 Å². The number of hydrogen-bond donors (Lipinski definition) is 1. The summed E-state index contributed by atoms with van der Waals surface area (Å²) in [6, 6.07) is 0. The van der Waals surface area contributed by atoms with E-state index in [0.717, 1.165) is 0 Å². The van der Waals surface area contributed by atoms with Crippen LogP contribution in [0.2, 0.25) is 0 Å². The van der Waals surface area contributed by atoms with Crippen molar-refractivity contribution in [1.29, 1.82) is 0 Å². The number of halogens is 3. The molecule has 0 rings (SSSR count). The molecule has 0 bridgehead atoms. The average molecular weight is 177 g/mol. The highest BCUT2D eigenvalue weighted by molar-refractivity contribution is 7.32. The van der Waals surface area contributed by atoms with Crippen LogP contribution in [-0.2, 0) is 9.09 Å². The standard InChI is InChI=1S/C3H4F3O3P/c4-3(5,6)1-2-9-10(7)8/h1-2H2/p+1. The predicted molar refractivity (Wildman–Crippen MR) is 26.4 cm³/mol. The van der Waals surface area contributed by atoms with Crippen LogP contribution in [0.25, 0.3) is 0 Å². The molecule has 0 spiro atoms. The van der Waals surface area contributed by atoms with E-state index < -0.39 is 27.5 Å². The first kappa shape index (κ1) is 9.81. The second-order valence-electron chi connectivity index (χ2n) is 1.44. The fourth-order valence-electron chi connectivity index (χ4n) is 0.239. The molecule has 0 aliphatic carbocycles. The van der Waals surface area contributed by atoms with Gasteiger partial charge < -0.3 is 0 Å². The fraction of sp³-hybridized carbons (Fsp3) is 1.00. The predicted octanol–water partition coefficient (Wildman–Crippen LogP) is 1.61. The van der Waals surface area contributed by atoms with Crippen molar-refractivity contribution in [2.45, 2.75) is 12.6 Å². The van der Waals surface area contributed by atoms with Crippen molar-refractivity contribution in [1.82, 2.24) is 0 Å². The quantitative estimate of drug-likeness (QED) is 0.666. The van der Waals surface area contributed by atoms with E-state index in [2.05, 4.69) is 4.52 Å². The molecule has 0 aromatic carbocycles. The van der Waals surface area contributed by atoms with Gasteiger partial charge in [-0.05, 0) is 0 Å². The Bertz CT molecular complexity index is 123. The molecule has 1 atom stereocenters. The van der Waals surface area contributed by atoms with E-state index in [-0.39, 0.29) is 0 Å². The molecule has 7 heteroatoms. The number of hydrogen-bond acceptors (Lipinski definition) is 2. The van der Waals surface area contributed by atoms with Gasteiger partial charge in [-0.1, -0.05) is 0 Å². The van der Waals surface area contributed by atoms with Gasteiger partial charge in [0.05, 0.1) is 6.42 Å². The molecule has 1 N–H and O–H groups in total. The molecular weight excluding hydrogens is 172 g/mol. The Balaban J connectivity index is 3.29. The second-order valence-corrected chi connectivity index (χ2v) is 2.17. The lowest BCUT2D eigenvalue weighted by Gasteiger charge is -2.00. The lowest BCUT2D eigenvalue weighted by atomic mass is 10.5. The molecular formula is C3H5F3O3P+. The second kappa shape index (κ2) is 3.85. The van der Waals surface area contributed by atoms with E-state index in [1.807, 2.05) is 0 Å². The summed E-state index contributed by atoms with van der Waals surface area (Å²) in [6.07, 6.45) is -5.53. The zero-order chi connectivity index (χ0) is 8.20. The molecule has 0 radical (unpaired) electrons. The molecule has 0 aromatic rings. The Kier molecular flexibility index (Phi) is 3.78. The topological polar surface area (TPSA) is 46.5 Å².